The molecule has 0 heterocycles. The van der Waals surface area contributed by atoms with Crippen LogP contribution in [0.25, 0.3) is 4.98 Å². The number of aryl methyl sites for hydroxylation is 1. The predicted octanol–water partition coefficient (Wildman–Crippen LogP) is -1.35. The Bertz CT molecular complexity index is 664. The molecule has 2 aromatic carbocycles. The van der Waals surface area contributed by atoms with Crippen LogP contribution in [0, 0.1) is 12.3 Å². The van der Waals surface area contributed by atoms with Gasteiger partial charge >= 0.3 is 5.69 Å². The van der Waals surface area contributed by atoms with E-state index in [4.69, 9.17) is 14.9 Å². The first kappa shape index (κ1) is 24.3. The molecule has 23 heavy (non-hydrogen) atoms. The number of halogens is 2. The summed E-state index contributed by atoms with van der Waals surface area (Å²) in [6.45, 7) is 2.05. The average molecular weight is 424 g/mol. The maximum absolute atomic E-state index is 8.96. The standard InChI is InChI=1S/C15H15N2O2S.2ClH.Zn/c1-10-4-6-11(7-5-10)20-15-9-13(18-2)12(17-16)8-14(15)19-3;;;/h4-9H,1-3H3;2*1H;/q+1;;;/p-2. The second-order valence-corrected chi connectivity index (χ2v) is 5.31. The zero-order chi connectivity index (χ0) is 14.5. The van der Waals surface area contributed by atoms with E-state index in [0.717, 1.165) is 9.79 Å². The van der Waals surface area contributed by atoms with Crippen molar-refractivity contribution in [1.29, 1.82) is 5.39 Å². The second kappa shape index (κ2) is 11.5. The van der Waals surface area contributed by atoms with Gasteiger partial charge in [0.15, 0.2) is 4.98 Å². The maximum atomic E-state index is 8.96. The summed E-state index contributed by atoms with van der Waals surface area (Å²) in [4.78, 5) is 5.20. The van der Waals surface area contributed by atoms with E-state index in [9.17, 15) is 0 Å². The van der Waals surface area contributed by atoms with Gasteiger partial charge in [-0.05, 0) is 19.1 Å². The second-order valence-electron chi connectivity index (χ2n) is 4.19. The van der Waals surface area contributed by atoms with Gasteiger partial charge in [0, 0.05) is 30.4 Å². The van der Waals surface area contributed by atoms with Crippen LogP contribution in [0.15, 0.2) is 46.2 Å². The molecule has 0 radical (unpaired) electrons. The monoisotopic (exact) mass is 421 g/mol. The van der Waals surface area contributed by atoms with Gasteiger partial charge in [-0.2, -0.15) is 0 Å². The van der Waals surface area contributed by atoms with E-state index >= 15 is 0 Å². The number of methoxy groups -OCH3 is 2. The van der Waals surface area contributed by atoms with Gasteiger partial charge in [-0.15, -0.1) is 0 Å². The van der Waals surface area contributed by atoms with Crippen molar-refractivity contribution < 1.29 is 53.8 Å². The third kappa shape index (κ3) is 6.20. The van der Waals surface area contributed by atoms with Crippen molar-refractivity contribution in [3.8, 4) is 11.5 Å². The van der Waals surface area contributed by atoms with Gasteiger partial charge in [0.1, 0.15) is 5.75 Å². The van der Waals surface area contributed by atoms with Crippen molar-refractivity contribution in [3.05, 3.63) is 46.9 Å². The predicted molar refractivity (Wildman–Crippen MR) is 79.6 cm³/mol. The molecule has 0 aliphatic rings. The van der Waals surface area contributed by atoms with Gasteiger partial charge in [0.2, 0.25) is 11.1 Å². The maximum Gasteiger partial charge on any atom is 0.430 e. The van der Waals surface area contributed by atoms with Gasteiger partial charge in [-0.25, -0.2) is 0 Å². The smallest absolute Gasteiger partial charge is 0.430 e. The number of hydrogen-bond donors (Lipinski definition) is 0. The molecule has 4 nitrogen and oxygen atoms in total. The Morgan fingerprint density at radius 3 is 2.00 bits per heavy atom. The van der Waals surface area contributed by atoms with Crippen molar-refractivity contribution in [2.75, 3.05) is 14.2 Å². The van der Waals surface area contributed by atoms with Crippen LogP contribution in [-0.2, 0) is 19.5 Å². The molecule has 0 aliphatic heterocycles. The van der Waals surface area contributed by atoms with E-state index in [0.29, 0.717) is 17.2 Å². The quantitative estimate of drug-likeness (QED) is 0.451. The summed E-state index contributed by atoms with van der Waals surface area (Å²) in [6, 6.07) is 11.7. The third-order valence-electron chi connectivity index (χ3n) is 2.82. The number of benzene rings is 2. The Hall–Kier alpha value is -0.987. The first-order valence-corrected chi connectivity index (χ1v) is 6.85. The first-order valence-electron chi connectivity index (χ1n) is 6.03. The molecular weight excluding hydrogens is 409 g/mol. The minimum atomic E-state index is 0. The van der Waals surface area contributed by atoms with Crippen molar-refractivity contribution >= 4 is 17.4 Å². The number of diazo groups is 1. The van der Waals surface area contributed by atoms with Crippen molar-refractivity contribution in [3.63, 3.8) is 0 Å². The molecule has 0 amide bonds. The number of rotatable bonds is 4. The van der Waals surface area contributed by atoms with Crippen LogP contribution in [0.2, 0.25) is 0 Å². The number of ether oxygens (including phenoxy) is 2. The summed E-state index contributed by atoms with van der Waals surface area (Å²) in [6.07, 6.45) is 0. The van der Waals surface area contributed by atoms with Crippen molar-refractivity contribution in [2.45, 2.75) is 16.7 Å². The number of hydrogen-bond acceptors (Lipinski definition) is 4. The van der Waals surface area contributed by atoms with Gasteiger partial charge in [-0.1, -0.05) is 29.5 Å². The van der Waals surface area contributed by atoms with Gasteiger partial charge in [0.05, 0.1) is 25.2 Å². The van der Waals surface area contributed by atoms with E-state index < -0.39 is 0 Å². The molecule has 0 unspecified atom stereocenters. The molecule has 0 spiro atoms. The van der Waals surface area contributed by atoms with Crippen LogP contribution in [0.1, 0.15) is 5.56 Å². The van der Waals surface area contributed by atoms with Crippen molar-refractivity contribution in [2.24, 2.45) is 0 Å². The zero-order valence-electron chi connectivity index (χ0n) is 13.0. The van der Waals surface area contributed by atoms with E-state index in [1.54, 1.807) is 31.0 Å². The number of nitrogens with zero attached hydrogens (tertiary/aromatic N) is 2. The van der Waals surface area contributed by atoms with E-state index in [2.05, 4.69) is 36.2 Å². The molecule has 2 aromatic rings. The molecule has 0 N–H and O–H groups in total. The SMILES string of the molecule is COc1cc(Sc2ccc(C)cc2)c(OC)cc1[N+]#N.[Cl-].[Cl-].[Zn]. The Balaban J connectivity index is 0. The molecule has 0 saturated carbocycles. The largest absolute Gasteiger partial charge is 1.00 e. The molecular formula is C15H15Cl2N2O2SZn-. The molecule has 2 rings (SSSR count). The summed E-state index contributed by atoms with van der Waals surface area (Å²) in [5, 5.41) is 8.96. The van der Waals surface area contributed by atoms with Crippen LogP contribution < -0.4 is 34.3 Å². The molecule has 0 aliphatic carbocycles. The molecule has 120 valence electrons. The van der Waals surface area contributed by atoms with Gasteiger partial charge in [0.25, 0.3) is 0 Å². The molecule has 8 heteroatoms. The summed E-state index contributed by atoms with van der Waals surface area (Å²) in [7, 11) is 3.12. The van der Waals surface area contributed by atoms with Crippen LogP contribution >= 0.6 is 11.8 Å². The molecule has 0 aromatic heterocycles. The molecule has 0 fully saturated rings. The normalized spacial score (nSPS) is 8.61. The van der Waals surface area contributed by atoms with Gasteiger partial charge < -0.3 is 34.3 Å². The summed E-state index contributed by atoms with van der Waals surface area (Å²) < 4.78 is 10.5. The van der Waals surface area contributed by atoms with E-state index in [1.807, 2.05) is 0 Å². The van der Waals surface area contributed by atoms with Gasteiger partial charge in [-0.3, -0.25) is 0 Å². The average Bonchev–Trinajstić information content (AvgIpc) is 2.49. The Kier molecular flexibility index (Phi) is 12.2. The van der Waals surface area contributed by atoms with Crippen LogP contribution in [0.4, 0.5) is 5.69 Å². The fraction of sp³-hybridized carbons (Fsp3) is 0.200. The third-order valence-corrected chi connectivity index (χ3v) is 3.87. The Morgan fingerprint density at radius 1 is 0.957 bits per heavy atom. The van der Waals surface area contributed by atoms with Crippen molar-refractivity contribution in [1.82, 2.24) is 0 Å². The van der Waals surface area contributed by atoms with Crippen LogP contribution in [-0.4, -0.2) is 14.2 Å². The Morgan fingerprint density at radius 2 is 1.52 bits per heavy atom. The minimum Gasteiger partial charge on any atom is -1.00 e. The summed E-state index contributed by atoms with van der Waals surface area (Å²) in [5.74, 6) is 1.15. The molecule has 0 atom stereocenters. The summed E-state index contributed by atoms with van der Waals surface area (Å²) >= 11 is 1.57. The van der Waals surface area contributed by atoms with E-state index in [1.165, 1.54) is 12.7 Å². The van der Waals surface area contributed by atoms with Crippen LogP contribution in [0.5, 0.6) is 11.5 Å². The minimum absolute atomic E-state index is 0. The fourth-order valence-electron chi connectivity index (χ4n) is 1.74. The topological polar surface area (TPSA) is 46.6 Å². The molecule has 0 saturated heterocycles. The zero-order valence-corrected chi connectivity index (χ0v) is 18.3. The van der Waals surface area contributed by atoms with Crippen LogP contribution in [0.3, 0.4) is 0 Å². The molecule has 0 bridgehead atoms. The fourth-order valence-corrected chi connectivity index (χ4v) is 2.68. The Labute approximate surface area is 165 Å². The summed E-state index contributed by atoms with van der Waals surface area (Å²) in [5.41, 5.74) is 1.56. The van der Waals surface area contributed by atoms with E-state index in [-0.39, 0.29) is 44.3 Å². The first-order chi connectivity index (χ1) is 9.67.